The second-order valence-corrected chi connectivity index (χ2v) is 8.88. The van der Waals surface area contributed by atoms with Crippen LogP contribution in [0.2, 0.25) is 0 Å². The summed E-state index contributed by atoms with van der Waals surface area (Å²) in [5.41, 5.74) is 4.09. The van der Waals surface area contributed by atoms with Crippen LogP contribution in [0.15, 0.2) is 42.3 Å². The van der Waals surface area contributed by atoms with Gasteiger partial charge in [0.2, 0.25) is 0 Å². The quantitative estimate of drug-likeness (QED) is 0.660. The number of nitrogens with zero attached hydrogens (tertiary/aromatic N) is 4. The Balaban J connectivity index is 1.11. The van der Waals surface area contributed by atoms with Crippen LogP contribution in [0, 0.1) is 0 Å². The summed E-state index contributed by atoms with van der Waals surface area (Å²) in [5, 5.41) is 0. The lowest BCUT2D eigenvalue weighted by Crippen LogP contribution is -2.54. The SMILES string of the molecule is O=C1N2C(CC[C@H]2c2cnccn2)OC12CC(OCc1ccc3scnc3c1)C2. The number of fused-ring (bicyclic) bond motifs is 2. The lowest BCUT2D eigenvalue weighted by molar-refractivity contribution is -0.177. The van der Waals surface area contributed by atoms with E-state index >= 15 is 0 Å². The van der Waals surface area contributed by atoms with Gasteiger partial charge in [0.15, 0.2) is 5.60 Å². The minimum absolute atomic E-state index is 0.0367. The van der Waals surface area contributed by atoms with Crippen molar-refractivity contribution in [3.8, 4) is 0 Å². The number of hydrogen-bond donors (Lipinski definition) is 0. The number of ether oxygens (including phenoxy) is 2. The van der Waals surface area contributed by atoms with Crippen molar-refractivity contribution in [3.05, 3.63) is 53.6 Å². The first-order valence-electron chi connectivity index (χ1n) is 9.92. The maximum absolute atomic E-state index is 13.2. The van der Waals surface area contributed by atoms with Gasteiger partial charge < -0.3 is 14.4 Å². The summed E-state index contributed by atoms with van der Waals surface area (Å²) in [6.07, 6.45) is 7.91. The van der Waals surface area contributed by atoms with Gasteiger partial charge in [0.05, 0.1) is 46.4 Å². The molecule has 0 radical (unpaired) electrons. The Bertz CT molecular complexity index is 1070. The highest BCUT2D eigenvalue weighted by Gasteiger charge is 2.63. The van der Waals surface area contributed by atoms with Gasteiger partial charge in [0.25, 0.3) is 5.91 Å². The number of carbonyl (C=O) groups is 1. The van der Waals surface area contributed by atoms with E-state index in [1.807, 2.05) is 10.4 Å². The Labute approximate surface area is 171 Å². The molecule has 29 heavy (non-hydrogen) atoms. The molecule has 1 amide bonds. The van der Waals surface area contributed by atoms with E-state index in [9.17, 15) is 4.79 Å². The lowest BCUT2D eigenvalue weighted by Gasteiger charge is -2.42. The van der Waals surface area contributed by atoms with E-state index in [-0.39, 0.29) is 24.3 Å². The van der Waals surface area contributed by atoms with Crippen molar-refractivity contribution in [2.75, 3.05) is 0 Å². The maximum Gasteiger partial charge on any atom is 0.257 e. The standard InChI is InChI=1S/C21H20N4O3S/c26-20-21(28-19-4-2-17(25(19)20)16-10-22-5-6-23-16)8-14(9-21)27-11-13-1-3-18-15(7-13)24-12-29-18/h1,3,5-7,10,12,14,17,19H,2,4,8-9,11H2/t14?,17-,19?,21?/m0/s1. The summed E-state index contributed by atoms with van der Waals surface area (Å²) in [7, 11) is 0. The Morgan fingerprint density at radius 3 is 3.03 bits per heavy atom. The van der Waals surface area contributed by atoms with Crippen molar-refractivity contribution < 1.29 is 14.3 Å². The molecule has 0 bridgehead atoms. The highest BCUT2D eigenvalue weighted by molar-refractivity contribution is 7.16. The van der Waals surface area contributed by atoms with Gasteiger partial charge in [0, 0.05) is 25.2 Å². The maximum atomic E-state index is 13.2. The summed E-state index contributed by atoms with van der Waals surface area (Å²) < 4.78 is 13.5. The molecule has 1 spiro atoms. The summed E-state index contributed by atoms with van der Waals surface area (Å²) >= 11 is 1.64. The van der Waals surface area contributed by atoms with Crippen molar-refractivity contribution in [1.29, 1.82) is 0 Å². The predicted molar refractivity (Wildman–Crippen MR) is 106 cm³/mol. The van der Waals surface area contributed by atoms with Crippen LogP contribution >= 0.6 is 11.3 Å². The molecule has 4 heterocycles. The van der Waals surface area contributed by atoms with Gasteiger partial charge in [-0.05, 0) is 30.5 Å². The molecule has 3 aromatic rings. The molecule has 1 unspecified atom stereocenters. The summed E-state index contributed by atoms with van der Waals surface area (Å²) in [4.78, 5) is 28.0. The van der Waals surface area contributed by atoms with E-state index in [1.165, 1.54) is 4.70 Å². The van der Waals surface area contributed by atoms with Crippen molar-refractivity contribution >= 4 is 27.5 Å². The van der Waals surface area contributed by atoms with E-state index in [1.54, 1.807) is 29.9 Å². The van der Waals surface area contributed by atoms with Gasteiger partial charge in [-0.25, -0.2) is 4.98 Å². The first-order valence-corrected chi connectivity index (χ1v) is 10.8. The van der Waals surface area contributed by atoms with Crippen LogP contribution in [0.25, 0.3) is 10.2 Å². The largest absolute Gasteiger partial charge is 0.373 e. The molecule has 1 aromatic carbocycles. The van der Waals surface area contributed by atoms with E-state index in [4.69, 9.17) is 9.47 Å². The van der Waals surface area contributed by atoms with Crippen LogP contribution < -0.4 is 0 Å². The lowest BCUT2D eigenvalue weighted by atomic mass is 9.76. The third kappa shape index (κ3) is 2.78. The van der Waals surface area contributed by atoms with Crippen molar-refractivity contribution in [3.63, 3.8) is 0 Å². The Morgan fingerprint density at radius 2 is 2.17 bits per heavy atom. The Morgan fingerprint density at radius 1 is 1.24 bits per heavy atom. The monoisotopic (exact) mass is 408 g/mol. The second-order valence-electron chi connectivity index (χ2n) is 8.00. The van der Waals surface area contributed by atoms with Crippen molar-refractivity contribution in [2.45, 2.75) is 56.3 Å². The van der Waals surface area contributed by atoms with Crippen LogP contribution in [0.3, 0.4) is 0 Å². The first kappa shape index (κ1) is 17.4. The number of aromatic nitrogens is 3. The molecule has 3 aliphatic rings. The molecular weight excluding hydrogens is 388 g/mol. The number of amides is 1. The van der Waals surface area contributed by atoms with Crippen LogP contribution in [0.1, 0.15) is 43.0 Å². The predicted octanol–water partition coefficient (Wildman–Crippen LogP) is 3.22. The zero-order chi connectivity index (χ0) is 19.4. The van der Waals surface area contributed by atoms with E-state index in [2.05, 4.69) is 33.2 Å². The van der Waals surface area contributed by atoms with Crippen LogP contribution in [0.5, 0.6) is 0 Å². The second kappa shape index (κ2) is 6.55. The number of benzene rings is 1. The van der Waals surface area contributed by atoms with Gasteiger partial charge in [-0.1, -0.05) is 6.07 Å². The zero-order valence-electron chi connectivity index (χ0n) is 15.7. The smallest absolute Gasteiger partial charge is 0.257 e. The fourth-order valence-corrected chi connectivity index (χ4v) is 5.42. The molecule has 1 saturated carbocycles. The summed E-state index contributed by atoms with van der Waals surface area (Å²) in [6, 6.07) is 6.19. The number of rotatable bonds is 4. The van der Waals surface area contributed by atoms with Gasteiger partial charge >= 0.3 is 0 Å². The molecule has 6 rings (SSSR count). The first-order chi connectivity index (χ1) is 14.2. The molecule has 7 nitrogen and oxygen atoms in total. The molecule has 2 aromatic heterocycles. The molecule has 8 heteroatoms. The van der Waals surface area contributed by atoms with Crippen molar-refractivity contribution in [2.24, 2.45) is 0 Å². The van der Waals surface area contributed by atoms with Gasteiger partial charge in [-0.3, -0.25) is 14.8 Å². The molecular formula is C21H20N4O3S. The van der Waals surface area contributed by atoms with Gasteiger partial charge in [-0.2, -0.15) is 0 Å². The van der Waals surface area contributed by atoms with Gasteiger partial charge in [0.1, 0.15) is 6.23 Å². The highest BCUT2D eigenvalue weighted by atomic mass is 32.1. The number of carbonyl (C=O) groups excluding carboxylic acids is 1. The minimum atomic E-state index is -0.713. The normalized spacial score (nSPS) is 30.8. The highest BCUT2D eigenvalue weighted by Crippen LogP contribution is 2.51. The fraction of sp³-hybridized carbons (Fsp3) is 0.429. The average Bonchev–Trinajstić information content (AvgIpc) is 3.41. The van der Waals surface area contributed by atoms with Gasteiger partial charge in [-0.15, -0.1) is 11.3 Å². The van der Waals surface area contributed by atoms with Crippen molar-refractivity contribution in [1.82, 2.24) is 19.9 Å². The number of hydrogen-bond acceptors (Lipinski definition) is 7. The molecule has 148 valence electrons. The van der Waals surface area contributed by atoms with E-state index < -0.39 is 5.60 Å². The van der Waals surface area contributed by atoms with Crippen LogP contribution in [-0.2, 0) is 20.9 Å². The summed E-state index contributed by atoms with van der Waals surface area (Å²) in [5.74, 6) is 0.0828. The molecule has 2 aliphatic heterocycles. The van der Waals surface area contributed by atoms with E-state index in [0.29, 0.717) is 19.4 Å². The Kier molecular flexibility index (Phi) is 3.94. The third-order valence-corrected chi connectivity index (χ3v) is 7.05. The molecule has 3 fully saturated rings. The topological polar surface area (TPSA) is 77.4 Å². The molecule has 2 atom stereocenters. The summed E-state index contributed by atoms with van der Waals surface area (Å²) in [6.45, 7) is 0.526. The zero-order valence-corrected chi connectivity index (χ0v) is 16.5. The molecule has 1 aliphatic carbocycles. The minimum Gasteiger partial charge on any atom is -0.373 e. The number of thiazole rings is 1. The van der Waals surface area contributed by atoms with Crippen LogP contribution in [0.4, 0.5) is 0 Å². The average molecular weight is 408 g/mol. The third-order valence-electron chi connectivity index (χ3n) is 6.24. The fourth-order valence-electron chi connectivity index (χ4n) is 4.76. The molecule has 2 saturated heterocycles. The van der Waals surface area contributed by atoms with E-state index in [0.717, 1.165) is 29.6 Å². The molecule has 0 N–H and O–H groups in total. The van der Waals surface area contributed by atoms with Crippen LogP contribution in [-0.4, -0.2) is 43.7 Å². The Hall–Kier alpha value is -2.42.